The van der Waals surface area contributed by atoms with Crippen LogP contribution in [0.1, 0.15) is 11.1 Å². The van der Waals surface area contributed by atoms with Crippen molar-refractivity contribution in [2.75, 3.05) is 7.05 Å². The summed E-state index contributed by atoms with van der Waals surface area (Å²) in [4.78, 5) is 5.10. The molecular weight excluding hydrogens is 226 g/mol. The first-order chi connectivity index (χ1) is 8.78. The molecule has 2 aromatic carbocycles. The fourth-order valence-corrected chi connectivity index (χ4v) is 1.55. The van der Waals surface area contributed by atoms with Crippen molar-refractivity contribution in [2.24, 2.45) is 0 Å². The molecule has 1 N–H and O–H groups in total. The van der Waals surface area contributed by atoms with Gasteiger partial charge in [0.15, 0.2) is 0 Å². The molecule has 0 heterocycles. The maximum Gasteiger partial charge on any atom is 0.127 e. The van der Waals surface area contributed by atoms with Gasteiger partial charge < -0.3 is 4.74 Å². The van der Waals surface area contributed by atoms with Crippen LogP contribution in [-0.2, 0) is 11.4 Å². The van der Waals surface area contributed by atoms with E-state index in [0.29, 0.717) is 6.61 Å². The quantitative estimate of drug-likeness (QED) is 0.816. The Morgan fingerprint density at radius 3 is 2.00 bits per heavy atom. The Morgan fingerprint density at radius 1 is 0.889 bits per heavy atom. The van der Waals surface area contributed by atoms with Crippen LogP contribution < -0.4 is 10.2 Å². The average molecular weight is 243 g/mol. The zero-order chi connectivity index (χ0) is 12.8. The van der Waals surface area contributed by atoms with Crippen LogP contribution >= 0.6 is 0 Å². The summed E-state index contributed by atoms with van der Waals surface area (Å²) >= 11 is 0. The minimum atomic E-state index is 0.543. The summed E-state index contributed by atoms with van der Waals surface area (Å²) in [5.41, 5.74) is 4.97. The number of hydrogen-bond donors (Lipinski definition) is 1. The summed E-state index contributed by atoms with van der Waals surface area (Å²) in [6, 6.07) is 15.8. The van der Waals surface area contributed by atoms with E-state index in [1.165, 1.54) is 5.56 Å². The van der Waals surface area contributed by atoms with Crippen molar-refractivity contribution in [3.8, 4) is 11.5 Å². The van der Waals surface area contributed by atoms with Gasteiger partial charge in [0.1, 0.15) is 11.5 Å². The second kappa shape index (κ2) is 6.19. The van der Waals surface area contributed by atoms with Gasteiger partial charge in [-0.3, -0.25) is 4.84 Å². The highest BCUT2D eigenvalue weighted by atomic mass is 16.6. The molecule has 0 spiro atoms. The predicted octanol–water partition coefficient (Wildman–Crippen LogP) is 3.44. The van der Waals surface area contributed by atoms with Crippen molar-refractivity contribution in [1.82, 2.24) is 5.48 Å². The summed E-state index contributed by atoms with van der Waals surface area (Å²) in [7, 11) is 1.74. The monoisotopic (exact) mass is 243 g/mol. The van der Waals surface area contributed by atoms with Crippen molar-refractivity contribution in [3.63, 3.8) is 0 Å². The van der Waals surface area contributed by atoms with Crippen LogP contribution in [-0.4, -0.2) is 7.05 Å². The molecule has 0 amide bonds. The molecule has 18 heavy (non-hydrogen) atoms. The van der Waals surface area contributed by atoms with Gasteiger partial charge >= 0.3 is 0 Å². The second-order valence-corrected chi connectivity index (χ2v) is 4.05. The highest BCUT2D eigenvalue weighted by Crippen LogP contribution is 2.22. The van der Waals surface area contributed by atoms with Crippen LogP contribution in [0.5, 0.6) is 11.5 Å². The SMILES string of the molecule is CNOCc1ccc(Oc2ccc(C)cc2)cc1. The molecule has 2 rings (SSSR count). The fraction of sp³-hybridized carbons (Fsp3) is 0.200. The number of benzene rings is 2. The van der Waals surface area contributed by atoms with Crippen LogP contribution in [0, 0.1) is 6.92 Å². The molecule has 3 nitrogen and oxygen atoms in total. The van der Waals surface area contributed by atoms with Crippen molar-refractivity contribution in [3.05, 3.63) is 59.7 Å². The molecule has 0 atom stereocenters. The molecule has 0 aromatic heterocycles. The van der Waals surface area contributed by atoms with E-state index >= 15 is 0 Å². The molecule has 0 bridgehead atoms. The Bertz CT molecular complexity index is 477. The number of hydrogen-bond acceptors (Lipinski definition) is 3. The molecule has 2 aromatic rings. The van der Waals surface area contributed by atoms with Gasteiger partial charge in [-0.2, -0.15) is 0 Å². The third-order valence-electron chi connectivity index (χ3n) is 2.56. The number of rotatable bonds is 5. The van der Waals surface area contributed by atoms with Gasteiger partial charge in [0, 0.05) is 7.05 Å². The summed E-state index contributed by atoms with van der Waals surface area (Å²) in [6.45, 7) is 2.60. The fourth-order valence-electron chi connectivity index (χ4n) is 1.55. The smallest absolute Gasteiger partial charge is 0.127 e. The summed E-state index contributed by atoms with van der Waals surface area (Å²) in [5, 5.41) is 0. The third kappa shape index (κ3) is 3.58. The Morgan fingerprint density at radius 2 is 1.44 bits per heavy atom. The number of aryl methyl sites for hydroxylation is 1. The molecule has 0 fully saturated rings. The van der Waals surface area contributed by atoms with E-state index in [1.54, 1.807) is 7.05 Å². The Hall–Kier alpha value is -1.84. The molecule has 94 valence electrons. The molecule has 0 unspecified atom stereocenters. The lowest BCUT2D eigenvalue weighted by atomic mass is 10.2. The van der Waals surface area contributed by atoms with E-state index in [2.05, 4.69) is 12.4 Å². The summed E-state index contributed by atoms with van der Waals surface area (Å²) < 4.78 is 5.74. The van der Waals surface area contributed by atoms with Gasteiger partial charge in [0.05, 0.1) is 6.61 Å². The lowest BCUT2D eigenvalue weighted by Crippen LogP contribution is -2.06. The first kappa shape index (κ1) is 12.6. The molecule has 0 aliphatic rings. The van der Waals surface area contributed by atoms with Crippen molar-refractivity contribution >= 4 is 0 Å². The van der Waals surface area contributed by atoms with E-state index in [1.807, 2.05) is 48.5 Å². The van der Waals surface area contributed by atoms with E-state index in [4.69, 9.17) is 9.57 Å². The van der Waals surface area contributed by atoms with Crippen LogP contribution in [0.3, 0.4) is 0 Å². The van der Waals surface area contributed by atoms with Gasteiger partial charge in [0.2, 0.25) is 0 Å². The van der Waals surface area contributed by atoms with Crippen LogP contribution in [0.15, 0.2) is 48.5 Å². The molecule has 3 heteroatoms. The van der Waals surface area contributed by atoms with E-state index in [0.717, 1.165) is 17.1 Å². The first-order valence-corrected chi connectivity index (χ1v) is 5.90. The highest BCUT2D eigenvalue weighted by molar-refractivity contribution is 5.34. The molecule has 0 saturated heterocycles. The molecular formula is C15H17NO2. The van der Waals surface area contributed by atoms with Crippen LogP contribution in [0.2, 0.25) is 0 Å². The molecule has 0 aliphatic carbocycles. The minimum absolute atomic E-state index is 0.543. The first-order valence-electron chi connectivity index (χ1n) is 5.90. The number of nitrogens with one attached hydrogen (secondary N) is 1. The van der Waals surface area contributed by atoms with Crippen molar-refractivity contribution in [1.29, 1.82) is 0 Å². The van der Waals surface area contributed by atoms with Gasteiger partial charge in [-0.1, -0.05) is 29.8 Å². The Labute approximate surface area is 107 Å². The normalized spacial score (nSPS) is 10.3. The minimum Gasteiger partial charge on any atom is -0.457 e. The zero-order valence-electron chi connectivity index (χ0n) is 10.6. The number of ether oxygens (including phenoxy) is 1. The van der Waals surface area contributed by atoms with Crippen molar-refractivity contribution < 1.29 is 9.57 Å². The summed E-state index contributed by atoms with van der Waals surface area (Å²) in [6.07, 6.45) is 0. The lowest BCUT2D eigenvalue weighted by Gasteiger charge is -2.07. The predicted molar refractivity (Wildman–Crippen MR) is 71.5 cm³/mol. The van der Waals surface area contributed by atoms with Crippen LogP contribution in [0.4, 0.5) is 0 Å². The maximum absolute atomic E-state index is 5.74. The standard InChI is InChI=1S/C15H17NO2/c1-12-3-7-14(8-4-12)18-15-9-5-13(6-10-15)11-17-16-2/h3-10,16H,11H2,1-2H3. The van der Waals surface area contributed by atoms with Crippen molar-refractivity contribution in [2.45, 2.75) is 13.5 Å². The largest absolute Gasteiger partial charge is 0.457 e. The van der Waals surface area contributed by atoms with Gasteiger partial charge in [0.25, 0.3) is 0 Å². The Balaban J connectivity index is 1.99. The van der Waals surface area contributed by atoms with E-state index < -0.39 is 0 Å². The Kier molecular flexibility index (Phi) is 4.34. The van der Waals surface area contributed by atoms with Gasteiger partial charge in [-0.25, -0.2) is 5.48 Å². The van der Waals surface area contributed by atoms with Gasteiger partial charge in [-0.05, 0) is 36.8 Å². The average Bonchev–Trinajstić information content (AvgIpc) is 2.41. The van der Waals surface area contributed by atoms with Gasteiger partial charge in [-0.15, -0.1) is 0 Å². The molecule has 0 saturated carbocycles. The third-order valence-corrected chi connectivity index (χ3v) is 2.56. The second-order valence-electron chi connectivity index (χ2n) is 4.05. The van der Waals surface area contributed by atoms with E-state index in [9.17, 15) is 0 Å². The number of hydroxylamine groups is 1. The van der Waals surface area contributed by atoms with Crippen LogP contribution in [0.25, 0.3) is 0 Å². The summed E-state index contributed by atoms with van der Waals surface area (Å²) in [5.74, 6) is 1.67. The lowest BCUT2D eigenvalue weighted by molar-refractivity contribution is 0.0444. The molecule has 0 radical (unpaired) electrons. The zero-order valence-corrected chi connectivity index (χ0v) is 10.6. The topological polar surface area (TPSA) is 30.5 Å². The van der Waals surface area contributed by atoms with E-state index in [-0.39, 0.29) is 0 Å². The highest BCUT2D eigenvalue weighted by Gasteiger charge is 1.98. The molecule has 0 aliphatic heterocycles. The maximum atomic E-state index is 5.74.